The molecule has 4 heteroatoms. The maximum absolute atomic E-state index is 12.2. The molecule has 0 bridgehead atoms. The van der Waals surface area contributed by atoms with Gasteiger partial charge in [-0.05, 0) is 37.5 Å². The highest BCUT2D eigenvalue weighted by atomic mass is 79.9. The summed E-state index contributed by atoms with van der Waals surface area (Å²) in [6.07, 6.45) is 2.35. The summed E-state index contributed by atoms with van der Waals surface area (Å²) in [5.74, 6) is 0.0474. The van der Waals surface area contributed by atoms with Crippen molar-refractivity contribution in [3.8, 4) is 0 Å². The van der Waals surface area contributed by atoms with Gasteiger partial charge in [-0.3, -0.25) is 4.79 Å². The SMILES string of the molecule is Cc1ccc(C(=O)N(C)CC2CCCO2)cc1Br. The van der Waals surface area contributed by atoms with Gasteiger partial charge in [-0.2, -0.15) is 0 Å². The van der Waals surface area contributed by atoms with Crippen molar-refractivity contribution >= 4 is 21.8 Å². The summed E-state index contributed by atoms with van der Waals surface area (Å²) in [4.78, 5) is 14.0. The number of benzene rings is 1. The first-order valence-corrected chi connectivity index (χ1v) is 7.00. The van der Waals surface area contributed by atoms with E-state index in [0.29, 0.717) is 12.1 Å². The minimum Gasteiger partial charge on any atom is -0.376 e. The van der Waals surface area contributed by atoms with E-state index in [9.17, 15) is 4.79 Å². The number of likely N-dealkylation sites (N-methyl/N-ethyl adjacent to an activating group) is 1. The number of amides is 1. The van der Waals surface area contributed by atoms with E-state index in [2.05, 4.69) is 15.9 Å². The van der Waals surface area contributed by atoms with Crippen LogP contribution in [0.5, 0.6) is 0 Å². The Bertz CT molecular complexity index is 441. The molecule has 0 N–H and O–H groups in total. The molecule has 2 rings (SSSR count). The Morgan fingerprint density at radius 3 is 2.94 bits per heavy atom. The van der Waals surface area contributed by atoms with Crippen LogP contribution in [0.3, 0.4) is 0 Å². The molecule has 3 nitrogen and oxygen atoms in total. The van der Waals surface area contributed by atoms with Gasteiger partial charge in [-0.1, -0.05) is 22.0 Å². The summed E-state index contributed by atoms with van der Waals surface area (Å²) >= 11 is 3.46. The zero-order valence-corrected chi connectivity index (χ0v) is 12.4. The van der Waals surface area contributed by atoms with Gasteiger partial charge in [-0.15, -0.1) is 0 Å². The van der Waals surface area contributed by atoms with Gasteiger partial charge < -0.3 is 9.64 Å². The van der Waals surface area contributed by atoms with Crippen molar-refractivity contribution in [2.24, 2.45) is 0 Å². The molecule has 0 radical (unpaired) electrons. The van der Waals surface area contributed by atoms with Gasteiger partial charge in [0.1, 0.15) is 0 Å². The van der Waals surface area contributed by atoms with Crippen molar-refractivity contribution in [2.45, 2.75) is 25.9 Å². The third-order valence-corrected chi connectivity index (χ3v) is 4.12. The van der Waals surface area contributed by atoms with Crippen LogP contribution in [-0.2, 0) is 4.74 Å². The fourth-order valence-corrected chi connectivity index (χ4v) is 2.50. The number of nitrogens with zero attached hydrogens (tertiary/aromatic N) is 1. The summed E-state index contributed by atoms with van der Waals surface area (Å²) in [6.45, 7) is 3.50. The molecule has 1 aliphatic rings. The van der Waals surface area contributed by atoms with E-state index in [0.717, 1.165) is 29.5 Å². The van der Waals surface area contributed by atoms with E-state index < -0.39 is 0 Å². The molecule has 1 saturated heterocycles. The molecule has 1 aromatic rings. The van der Waals surface area contributed by atoms with Crippen molar-refractivity contribution in [3.05, 3.63) is 33.8 Å². The largest absolute Gasteiger partial charge is 0.376 e. The maximum Gasteiger partial charge on any atom is 0.253 e. The van der Waals surface area contributed by atoms with Crippen LogP contribution in [0.2, 0.25) is 0 Å². The van der Waals surface area contributed by atoms with Crippen molar-refractivity contribution in [1.82, 2.24) is 4.90 Å². The lowest BCUT2D eigenvalue weighted by Crippen LogP contribution is -2.34. The molecule has 1 aliphatic heterocycles. The standard InChI is InChI=1S/C14H18BrNO2/c1-10-5-6-11(8-13(10)15)14(17)16(2)9-12-4-3-7-18-12/h5-6,8,12H,3-4,7,9H2,1-2H3. The predicted octanol–water partition coefficient (Wildman–Crippen LogP) is 3.01. The lowest BCUT2D eigenvalue weighted by molar-refractivity contribution is 0.0587. The van der Waals surface area contributed by atoms with Crippen LogP contribution >= 0.6 is 15.9 Å². The van der Waals surface area contributed by atoms with Crippen molar-refractivity contribution < 1.29 is 9.53 Å². The predicted molar refractivity (Wildman–Crippen MR) is 74.8 cm³/mol. The molecule has 1 heterocycles. The molecule has 1 amide bonds. The first kappa shape index (κ1) is 13.6. The number of carbonyl (C=O) groups is 1. The van der Waals surface area contributed by atoms with Crippen molar-refractivity contribution in [1.29, 1.82) is 0 Å². The smallest absolute Gasteiger partial charge is 0.253 e. The van der Waals surface area contributed by atoms with Gasteiger partial charge in [0, 0.05) is 30.2 Å². The molecule has 0 saturated carbocycles. The van der Waals surface area contributed by atoms with Crippen molar-refractivity contribution in [2.75, 3.05) is 20.2 Å². The zero-order valence-electron chi connectivity index (χ0n) is 10.8. The number of hydrogen-bond acceptors (Lipinski definition) is 2. The second-order valence-electron chi connectivity index (χ2n) is 4.78. The van der Waals surface area contributed by atoms with Crippen molar-refractivity contribution in [3.63, 3.8) is 0 Å². The minimum absolute atomic E-state index is 0.0474. The van der Waals surface area contributed by atoms with Gasteiger partial charge in [-0.25, -0.2) is 0 Å². The fraction of sp³-hybridized carbons (Fsp3) is 0.500. The molecule has 1 unspecified atom stereocenters. The van der Waals surface area contributed by atoms with E-state index in [4.69, 9.17) is 4.74 Å². The first-order chi connectivity index (χ1) is 8.58. The average Bonchev–Trinajstić information content (AvgIpc) is 2.84. The Morgan fingerprint density at radius 2 is 2.33 bits per heavy atom. The Labute approximate surface area is 116 Å². The van der Waals surface area contributed by atoms with Gasteiger partial charge in [0.25, 0.3) is 5.91 Å². The van der Waals surface area contributed by atoms with Gasteiger partial charge >= 0.3 is 0 Å². The molecule has 1 aromatic carbocycles. The quantitative estimate of drug-likeness (QED) is 0.859. The van der Waals surface area contributed by atoms with Crippen LogP contribution in [0.25, 0.3) is 0 Å². The topological polar surface area (TPSA) is 29.5 Å². The number of halogens is 1. The second kappa shape index (κ2) is 5.85. The molecule has 0 spiro atoms. The van der Waals surface area contributed by atoms with E-state index in [-0.39, 0.29) is 12.0 Å². The summed E-state index contributed by atoms with van der Waals surface area (Å²) in [7, 11) is 1.83. The molecule has 0 aliphatic carbocycles. The summed E-state index contributed by atoms with van der Waals surface area (Å²) in [5.41, 5.74) is 1.85. The number of aryl methyl sites for hydroxylation is 1. The lowest BCUT2D eigenvalue weighted by Gasteiger charge is -2.21. The number of rotatable bonds is 3. The highest BCUT2D eigenvalue weighted by Gasteiger charge is 2.20. The number of hydrogen-bond donors (Lipinski definition) is 0. The van der Waals surface area contributed by atoms with Crippen LogP contribution in [0, 0.1) is 6.92 Å². The Kier molecular flexibility index (Phi) is 4.40. The first-order valence-electron chi connectivity index (χ1n) is 6.21. The van der Waals surface area contributed by atoms with E-state index in [1.807, 2.05) is 32.2 Å². The van der Waals surface area contributed by atoms with Gasteiger partial charge in [0.05, 0.1) is 6.10 Å². The third-order valence-electron chi connectivity index (χ3n) is 3.27. The van der Waals surface area contributed by atoms with Gasteiger partial charge in [0.2, 0.25) is 0 Å². The highest BCUT2D eigenvalue weighted by molar-refractivity contribution is 9.10. The Morgan fingerprint density at radius 1 is 1.56 bits per heavy atom. The second-order valence-corrected chi connectivity index (χ2v) is 5.64. The monoisotopic (exact) mass is 311 g/mol. The summed E-state index contributed by atoms with van der Waals surface area (Å²) in [6, 6.07) is 5.70. The van der Waals surface area contributed by atoms with Crippen LogP contribution < -0.4 is 0 Å². The van der Waals surface area contributed by atoms with E-state index in [1.54, 1.807) is 4.90 Å². The van der Waals surface area contributed by atoms with E-state index >= 15 is 0 Å². The molecular formula is C14H18BrNO2. The zero-order chi connectivity index (χ0) is 13.1. The third kappa shape index (κ3) is 3.12. The normalized spacial score (nSPS) is 18.9. The molecule has 18 heavy (non-hydrogen) atoms. The summed E-state index contributed by atoms with van der Waals surface area (Å²) < 4.78 is 6.52. The Hall–Kier alpha value is -0.870. The van der Waals surface area contributed by atoms with Gasteiger partial charge in [0.15, 0.2) is 0 Å². The number of carbonyl (C=O) groups excluding carboxylic acids is 1. The number of ether oxygens (including phenoxy) is 1. The fourth-order valence-electron chi connectivity index (χ4n) is 2.12. The molecule has 1 atom stereocenters. The van der Waals surface area contributed by atoms with Crippen LogP contribution in [0.1, 0.15) is 28.8 Å². The average molecular weight is 312 g/mol. The minimum atomic E-state index is 0.0474. The molecule has 1 fully saturated rings. The Balaban J connectivity index is 2.02. The van der Waals surface area contributed by atoms with Crippen LogP contribution in [-0.4, -0.2) is 37.1 Å². The molecule has 0 aromatic heterocycles. The summed E-state index contributed by atoms with van der Waals surface area (Å²) in [5, 5.41) is 0. The molecule has 98 valence electrons. The highest BCUT2D eigenvalue weighted by Crippen LogP contribution is 2.19. The van der Waals surface area contributed by atoms with Crippen LogP contribution in [0.4, 0.5) is 0 Å². The lowest BCUT2D eigenvalue weighted by atomic mass is 10.1. The van der Waals surface area contributed by atoms with E-state index in [1.165, 1.54) is 0 Å². The maximum atomic E-state index is 12.2. The van der Waals surface area contributed by atoms with Crippen LogP contribution in [0.15, 0.2) is 22.7 Å². The molecular weight excluding hydrogens is 294 g/mol.